The molecule has 140 valence electrons. The Balaban J connectivity index is 1.43. The van der Waals surface area contributed by atoms with Crippen molar-refractivity contribution in [2.24, 2.45) is 13.0 Å². The highest BCUT2D eigenvalue weighted by Gasteiger charge is 2.32. The maximum absolute atomic E-state index is 12.8. The van der Waals surface area contributed by atoms with Gasteiger partial charge in [0.25, 0.3) is 5.91 Å². The SMILES string of the molecule is Cn1ccnc1C(=O)[C@H]1CCCN(C(=O)c2ccc(Cn3cccn3)o2)C1. The fraction of sp³-hybridized carbons (Fsp3) is 0.368. The van der Waals surface area contributed by atoms with E-state index < -0.39 is 0 Å². The molecular formula is C19H21N5O3. The summed E-state index contributed by atoms with van der Waals surface area (Å²) in [7, 11) is 1.80. The number of rotatable bonds is 5. The summed E-state index contributed by atoms with van der Waals surface area (Å²) < 4.78 is 9.16. The van der Waals surface area contributed by atoms with E-state index in [-0.39, 0.29) is 17.6 Å². The third-order valence-corrected chi connectivity index (χ3v) is 4.87. The molecule has 0 aromatic carbocycles. The topological polar surface area (TPSA) is 86.2 Å². The summed E-state index contributed by atoms with van der Waals surface area (Å²) in [5.41, 5.74) is 0. The van der Waals surface area contributed by atoms with Crippen molar-refractivity contribution in [2.75, 3.05) is 13.1 Å². The van der Waals surface area contributed by atoms with Gasteiger partial charge in [-0.3, -0.25) is 14.3 Å². The van der Waals surface area contributed by atoms with E-state index in [4.69, 9.17) is 4.42 Å². The van der Waals surface area contributed by atoms with Crippen molar-refractivity contribution >= 4 is 11.7 Å². The van der Waals surface area contributed by atoms with Crippen LogP contribution < -0.4 is 0 Å². The van der Waals surface area contributed by atoms with Crippen LogP contribution in [0.3, 0.4) is 0 Å². The van der Waals surface area contributed by atoms with Crippen molar-refractivity contribution in [1.29, 1.82) is 0 Å². The summed E-state index contributed by atoms with van der Waals surface area (Å²) in [6, 6.07) is 5.31. The molecule has 0 unspecified atom stereocenters. The summed E-state index contributed by atoms with van der Waals surface area (Å²) >= 11 is 0. The number of imidazole rings is 1. The minimum absolute atomic E-state index is 0.0150. The van der Waals surface area contributed by atoms with E-state index in [9.17, 15) is 9.59 Å². The number of piperidine rings is 1. The Kier molecular flexibility index (Phi) is 4.62. The molecule has 0 saturated carbocycles. The molecule has 8 nitrogen and oxygen atoms in total. The second-order valence-electron chi connectivity index (χ2n) is 6.79. The summed E-state index contributed by atoms with van der Waals surface area (Å²) in [6.45, 7) is 1.48. The van der Waals surface area contributed by atoms with Gasteiger partial charge < -0.3 is 13.9 Å². The van der Waals surface area contributed by atoms with E-state index >= 15 is 0 Å². The van der Waals surface area contributed by atoms with Crippen LogP contribution in [-0.2, 0) is 13.6 Å². The Morgan fingerprint density at radius 3 is 2.89 bits per heavy atom. The monoisotopic (exact) mass is 367 g/mol. The highest BCUT2D eigenvalue weighted by molar-refractivity contribution is 5.96. The number of furan rings is 1. The van der Waals surface area contributed by atoms with E-state index in [1.54, 1.807) is 51.9 Å². The van der Waals surface area contributed by atoms with Crippen LogP contribution in [0, 0.1) is 5.92 Å². The van der Waals surface area contributed by atoms with Crippen LogP contribution in [0.4, 0.5) is 0 Å². The van der Waals surface area contributed by atoms with Gasteiger partial charge >= 0.3 is 0 Å². The molecule has 1 aliphatic heterocycles. The van der Waals surface area contributed by atoms with E-state index in [0.717, 1.165) is 12.8 Å². The molecule has 3 aromatic rings. The summed E-state index contributed by atoms with van der Waals surface area (Å²) in [6.07, 6.45) is 8.45. The van der Waals surface area contributed by atoms with Gasteiger partial charge in [-0.25, -0.2) is 4.98 Å². The van der Waals surface area contributed by atoms with Gasteiger partial charge in [-0.15, -0.1) is 0 Å². The molecule has 0 bridgehead atoms. The number of carbonyl (C=O) groups excluding carboxylic acids is 2. The summed E-state index contributed by atoms with van der Waals surface area (Å²) in [5.74, 6) is 0.968. The quantitative estimate of drug-likeness (QED) is 0.644. The number of aromatic nitrogens is 4. The molecule has 1 fully saturated rings. The Morgan fingerprint density at radius 1 is 1.26 bits per heavy atom. The Morgan fingerprint density at radius 2 is 2.15 bits per heavy atom. The molecule has 3 aromatic heterocycles. The number of amides is 1. The Hall–Kier alpha value is -3.16. The van der Waals surface area contributed by atoms with Gasteiger partial charge in [0.05, 0.1) is 6.54 Å². The molecule has 8 heteroatoms. The number of carbonyl (C=O) groups is 2. The maximum atomic E-state index is 12.8. The van der Waals surface area contributed by atoms with Crippen molar-refractivity contribution in [3.8, 4) is 0 Å². The first kappa shape index (κ1) is 17.3. The number of likely N-dealkylation sites (tertiary alicyclic amines) is 1. The fourth-order valence-electron chi connectivity index (χ4n) is 3.45. The van der Waals surface area contributed by atoms with Crippen LogP contribution in [0.5, 0.6) is 0 Å². The first-order valence-electron chi connectivity index (χ1n) is 8.99. The lowest BCUT2D eigenvalue weighted by Gasteiger charge is -2.31. The van der Waals surface area contributed by atoms with Crippen LogP contribution in [0.1, 0.15) is 39.8 Å². The van der Waals surface area contributed by atoms with Gasteiger partial charge in [0.2, 0.25) is 5.78 Å². The molecule has 4 heterocycles. The van der Waals surface area contributed by atoms with Crippen molar-refractivity contribution in [1.82, 2.24) is 24.2 Å². The lowest BCUT2D eigenvalue weighted by Crippen LogP contribution is -2.42. The number of nitrogens with zero attached hydrogens (tertiary/aromatic N) is 5. The molecular weight excluding hydrogens is 346 g/mol. The van der Waals surface area contributed by atoms with E-state index in [0.29, 0.717) is 37.0 Å². The standard InChI is InChI=1S/C19H21N5O3/c1-22-11-8-20-18(22)17(25)14-4-2-9-23(12-14)19(26)16-6-5-15(27-16)13-24-10-3-7-21-24/h3,5-8,10-11,14H,2,4,9,12-13H2,1H3/t14-/m0/s1. The van der Waals surface area contributed by atoms with Gasteiger partial charge in [-0.2, -0.15) is 5.10 Å². The highest BCUT2D eigenvalue weighted by Crippen LogP contribution is 2.22. The predicted molar refractivity (Wildman–Crippen MR) is 96.2 cm³/mol. The zero-order chi connectivity index (χ0) is 18.8. The van der Waals surface area contributed by atoms with Gasteiger partial charge in [0, 0.05) is 50.8 Å². The van der Waals surface area contributed by atoms with Gasteiger partial charge in [0.1, 0.15) is 5.76 Å². The normalized spacial score (nSPS) is 17.2. The number of hydrogen-bond acceptors (Lipinski definition) is 5. The van der Waals surface area contributed by atoms with Crippen LogP contribution >= 0.6 is 0 Å². The first-order valence-corrected chi connectivity index (χ1v) is 8.99. The highest BCUT2D eigenvalue weighted by atomic mass is 16.4. The molecule has 0 N–H and O–H groups in total. The molecule has 4 rings (SSSR count). The van der Waals surface area contributed by atoms with Crippen LogP contribution in [0.15, 0.2) is 47.4 Å². The van der Waals surface area contributed by atoms with Crippen LogP contribution in [0.2, 0.25) is 0 Å². The predicted octanol–water partition coefficient (Wildman–Crippen LogP) is 1.99. The third-order valence-electron chi connectivity index (χ3n) is 4.87. The van der Waals surface area contributed by atoms with Crippen molar-refractivity contribution in [2.45, 2.75) is 19.4 Å². The smallest absolute Gasteiger partial charge is 0.289 e. The first-order chi connectivity index (χ1) is 13.1. The van der Waals surface area contributed by atoms with E-state index in [1.165, 1.54) is 0 Å². The summed E-state index contributed by atoms with van der Waals surface area (Å²) in [4.78, 5) is 31.4. The third kappa shape index (κ3) is 3.55. The maximum Gasteiger partial charge on any atom is 0.289 e. The van der Waals surface area contributed by atoms with E-state index in [2.05, 4.69) is 10.1 Å². The molecule has 0 radical (unpaired) electrons. The largest absolute Gasteiger partial charge is 0.454 e. The zero-order valence-corrected chi connectivity index (χ0v) is 15.1. The van der Waals surface area contributed by atoms with Crippen molar-refractivity contribution < 1.29 is 14.0 Å². The van der Waals surface area contributed by atoms with Gasteiger partial charge in [0.15, 0.2) is 11.6 Å². The van der Waals surface area contributed by atoms with E-state index in [1.807, 2.05) is 12.3 Å². The molecule has 1 amide bonds. The lowest BCUT2D eigenvalue weighted by molar-refractivity contribution is 0.0605. The summed E-state index contributed by atoms with van der Waals surface area (Å²) in [5, 5.41) is 4.13. The minimum atomic E-state index is -0.234. The van der Waals surface area contributed by atoms with Gasteiger partial charge in [-0.1, -0.05) is 0 Å². The molecule has 1 aliphatic rings. The van der Waals surface area contributed by atoms with Crippen molar-refractivity contribution in [3.63, 3.8) is 0 Å². The molecule has 0 aliphatic carbocycles. The van der Waals surface area contributed by atoms with Crippen LogP contribution in [0.25, 0.3) is 0 Å². The average molecular weight is 367 g/mol. The fourth-order valence-corrected chi connectivity index (χ4v) is 3.45. The average Bonchev–Trinajstić information content (AvgIpc) is 3.44. The Labute approximate surface area is 156 Å². The number of Topliss-reactive ketones (excluding diaryl/α,β-unsaturated/α-hetero) is 1. The van der Waals surface area contributed by atoms with Crippen molar-refractivity contribution in [3.05, 3.63) is 60.3 Å². The van der Waals surface area contributed by atoms with Crippen LogP contribution in [-0.4, -0.2) is 49.0 Å². The molecule has 1 atom stereocenters. The second-order valence-corrected chi connectivity index (χ2v) is 6.79. The molecule has 0 spiro atoms. The molecule has 27 heavy (non-hydrogen) atoms. The zero-order valence-electron chi connectivity index (χ0n) is 15.1. The lowest BCUT2D eigenvalue weighted by atomic mass is 9.93. The second kappa shape index (κ2) is 7.22. The Bertz CT molecular complexity index is 940. The number of hydrogen-bond donors (Lipinski definition) is 0. The van der Waals surface area contributed by atoms with Gasteiger partial charge in [-0.05, 0) is 31.0 Å². The number of aryl methyl sites for hydroxylation is 1. The number of ketones is 1. The minimum Gasteiger partial charge on any atom is -0.454 e. The molecule has 1 saturated heterocycles.